The molecular weight excluding hydrogens is 381 g/mol. The molecule has 0 unspecified atom stereocenters. The van der Waals surface area contributed by atoms with Crippen LogP contribution in [0.25, 0.3) is 0 Å². The second-order valence-corrected chi connectivity index (χ2v) is 7.71. The number of fused-ring (bicyclic) bond motifs is 3. The number of carbonyl (C=O) groups excluding carboxylic acids is 2. The van der Waals surface area contributed by atoms with Crippen molar-refractivity contribution in [2.24, 2.45) is 0 Å². The fourth-order valence-corrected chi connectivity index (χ4v) is 3.82. The highest BCUT2D eigenvalue weighted by atomic mass is 35.5. The maximum atomic E-state index is 12.2. The number of hydrogen-bond donors (Lipinski definition) is 1. The van der Waals surface area contributed by atoms with Crippen molar-refractivity contribution >= 4 is 46.6 Å². The molecule has 4 rings (SSSR count). The molecule has 3 aliphatic rings. The third-order valence-electron chi connectivity index (χ3n) is 4.95. The molecule has 1 aromatic rings. The van der Waals surface area contributed by atoms with Gasteiger partial charge in [0.2, 0.25) is 0 Å². The number of amides is 2. The van der Waals surface area contributed by atoms with Crippen molar-refractivity contribution in [3.63, 3.8) is 0 Å². The van der Waals surface area contributed by atoms with E-state index in [4.69, 9.17) is 32.7 Å². The van der Waals surface area contributed by atoms with Crippen LogP contribution < -0.4 is 19.9 Å². The zero-order valence-corrected chi connectivity index (χ0v) is 15.5. The lowest BCUT2D eigenvalue weighted by Gasteiger charge is -2.34. The summed E-state index contributed by atoms with van der Waals surface area (Å²) < 4.78 is 11.2. The first-order chi connectivity index (χ1) is 12.5. The molecule has 2 fully saturated rings. The van der Waals surface area contributed by atoms with Crippen LogP contribution in [0.3, 0.4) is 0 Å². The van der Waals surface area contributed by atoms with Crippen molar-refractivity contribution in [3.05, 3.63) is 18.2 Å². The Morgan fingerprint density at radius 2 is 2.23 bits per heavy atom. The quantitative estimate of drug-likeness (QED) is 0.786. The van der Waals surface area contributed by atoms with E-state index in [1.165, 1.54) is 11.3 Å². The van der Waals surface area contributed by atoms with E-state index in [1.807, 2.05) is 18.2 Å². The number of alkyl halides is 2. The van der Waals surface area contributed by atoms with E-state index in [0.717, 1.165) is 24.4 Å². The van der Waals surface area contributed by atoms with Crippen LogP contribution in [0, 0.1) is 0 Å². The molecule has 3 heterocycles. The van der Waals surface area contributed by atoms with Gasteiger partial charge >= 0.3 is 6.09 Å². The van der Waals surface area contributed by atoms with Crippen molar-refractivity contribution < 1.29 is 19.1 Å². The molecule has 0 radical (unpaired) electrons. The van der Waals surface area contributed by atoms with Crippen LogP contribution in [0.2, 0.25) is 0 Å². The van der Waals surface area contributed by atoms with Gasteiger partial charge in [0.1, 0.15) is 18.5 Å². The Balaban J connectivity index is 1.45. The van der Waals surface area contributed by atoms with Gasteiger partial charge in [0, 0.05) is 12.6 Å². The Morgan fingerprint density at radius 3 is 3.04 bits per heavy atom. The topological polar surface area (TPSA) is 71.1 Å². The van der Waals surface area contributed by atoms with Crippen molar-refractivity contribution in [2.45, 2.75) is 29.8 Å². The molecule has 0 saturated carbocycles. The molecule has 3 aliphatic heterocycles. The van der Waals surface area contributed by atoms with Gasteiger partial charge in [-0.2, -0.15) is 0 Å². The molecule has 140 valence electrons. The zero-order chi connectivity index (χ0) is 18.3. The predicted octanol–water partition coefficient (Wildman–Crippen LogP) is 2.29. The second kappa shape index (κ2) is 7.04. The number of carbonyl (C=O) groups is 2. The molecule has 0 spiro atoms. The first-order valence-electron chi connectivity index (χ1n) is 8.60. The lowest BCUT2D eigenvalue weighted by Crippen LogP contribution is -2.38. The average Bonchev–Trinajstić information content (AvgIpc) is 3.25. The van der Waals surface area contributed by atoms with E-state index in [2.05, 4.69) is 10.2 Å². The van der Waals surface area contributed by atoms with Crippen molar-refractivity contribution in [1.82, 2.24) is 5.32 Å². The van der Waals surface area contributed by atoms with Crippen molar-refractivity contribution in [2.75, 3.05) is 36.0 Å². The minimum atomic E-state index is -1.14. The highest BCUT2D eigenvalue weighted by Gasteiger charge is 2.35. The highest BCUT2D eigenvalue weighted by molar-refractivity contribution is 6.53. The van der Waals surface area contributed by atoms with Crippen molar-refractivity contribution in [3.8, 4) is 5.75 Å². The van der Waals surface area contributed by atoms with Gasteiger partial charge in [-0.15, -0.1) is 0 Å². The molecular formula is C17H19Cl2N3O4. The molecule has 0 aliphatic carbocycles. The molecule has 0 bridgehead atoms. The maximum Gasteiger partial charge on any atom is 0.414 e. The van der Waals surface area contributed by atoms with Gasteiger partial charge in [0.25, 0.3) is 5.91 Å². The number of benzene rings is 1. The van der Waals surface area contributed by atoms with E-state index in [9.17, 15) is 9.59 Å². The maximum absolute atomic E-state index is 12.2. The Hall–Kier alpha value is -1.86. The summed E-state index contributed by atoms with van der Waals surface area (Å²) in [5.41, 5.74) is 1.79. The smallest absolute Gasteiger partial charge is 0.414 e. The molecule has 1 aromatic carbocycles. The van der Waals surface area contributed by atoms with Crippen LogP contribution in [0.4, 0.5) is 16.2 Å². The molecule has 2 amide bonds. The van der Waals surface area contributed by atoms with Crippen LogP contribution in [-0.4, -0.2) is 55.2 Å². The summed E-state index contributed by atoms with van der Waals surface area (Å²) in [5.74, 6) is 0.280. The summed E-state index contributed by atoms with van der Waals surface area (Å²) in [6.07, 6.45) is 1.41. The van der Waals surface area contributed by atoms with Crippen LogP contribution in [0.5, 0.6) is 5.75 Å². The lowest BCUT2D eigenvalue weighted by molar-refractivity contribution is -0.119. The summed E-state index contributed by atoms with van der Waals surface area (Å²) >= 11 is 11.0. The van der Waals surface area contributed by atoms with E-state index in [0.29, 0.717) is 24.9 Å². The fraction of sp³-hybridized carbons (Fsp3) is 0.529. The summed E-state index contributed by atoms with van der Waals surface area (Å²) in [6, 6.07) is 6.22. The van der Waals surface area contributed by atoms with E-state index in [-0.39, 0.29) is 6.54 Å². The van der Waals surface area contributed by atoms with Gasteiger partial charge < -0.3 is 19.7 Å². The minimum absolute atomic E-state index is 0.161. The number of anilines is 2. The number of rotatable bonds is 4. The monoisotopic (exact) mass is 399 g/mol. The fourth-order valence-electron chi connectivity index (χ4n) is 3.67. The molecule has 0 aromatic heterocycles. The van der Waals surface area contributed by atoms with Crippen LogP contribution in [0.15, 0.2) is 18.2 Å². The van der Waals surface area contributed by atoms with Crippen LogP contribution in [0.1, 0.15) is 12.8 Å². The average molecular weight is 400 g/mol. The van der Waals surface area contributed by atoms with Crippen molar-refractivity contribution in [1.29, 1.82) is 0 Å². The summed E-state index contributed by atoms with van der Waals surface area (Å²) in [6.45, 7) is 2.21. The standard InChI is InChI=1S/C17H19Cl2N3O4/c18-15(19)16(23)20-7-12-8-22(17(24)26-12)10-3-4-13-14(6-10)25-9-11-2-1-5-21(11)13/h3-4,6,11-12,15H,1-2,5,7-9H2,(H,20,23)/t11-,12-/m0/s1. The number of halogens is 2. The number of cyclic esters (lactones) is 1. The molecule has 26 heavy (non-hydrogen) atoms. The first-order valence-corrected chi connectivity index (χ1v) is 9.47. The Labute approximate surface area is 161 Å². The number of nitrogens with one attached hydrogen (secondary N) is 1. The van der Waals surface area contributed by atoms with Crippen LogP contribution in [-0.2, 0) is 9.53 Å². The summed E-state index contributed by atoms with van der Waals surface area (Å²) in [5, 5.41) is 2.55. The second-order valence-electron chi connectivity index (χ2n) is 6.61. The SMILES string of the molecule is O=C(NC[C@H]1CN(c2ccc3c(c2)OC[C@@H]2CCCN32)C(=O)O1)C(Cl)Cl. The van der Waals surface area contributed by atoms with Gasteiger partial charge in [-0.1, -0.05) is 23.2 Å². The van der Waals surface area contributed by atoms with Gasteiger partial charge in [-0.25, -0.2) is 4.79 Å². The minimum Gasteiger partial charge on any atom is -0.489 e. The predicted molar refractivity (Wildman–Crippen MR) is 98.4 cm³/mol. The van der Waals surface area contributed by atoms with E-state index in [1.54, 1.807) is 0 Å². The Morgan fingerprint density at radius 1 is 1.38 bits per heavy atom. The summed E-state index contributed by atoms with van der Waals surface area (Å²) in [7, 11) is 0. The normalized spacial score (nSPS) is 24.2. The molecule has 2 atom stereocenters. The summed E-state index contributed by atoms with van der Waals surface area (Å²) in [4.78, 5) is 26.4. The Kier molecular flexibility index (Phi) is 4.75. The number of ether oxygens (including phenoxy) is 2. The molecule has 1 N–H and O–H groups in total. The van der Waals surface area contributed by atoms with Gasteiger partial charge in [0.05, 0.1) is 30.5 Å². The first kappa shape index (κ1) is 17.5. The Bertz CT molecular complexity index is 730. The highest BCUT2D eigenvalue weighted by Crippen LogP contribution is 2.40. The van der Waals surface area contributed by atoms with Crippen LogP contribution >= 0.6 is 23.2 Å². The van der Waals surface area contributed by atoms with Gasteiger partial charge in [-0.3, -0.25) is 9.69 Å². The molecule has 2 saturated heterocycles. The zero-order valence-electron chi connectivity index (χ0n) is 14.0. The number of nitrogens with zero attached hydrogens (tertiary/aromatic N) is 2. The number of hydrogen-bond acceptors (Lipinski definition) is 5. The molecule has 9 heteroatoms. The third-order valence-corrected chi connectivity index (χ3v) is 5.35. The third kappa shape index (κ3) is 3.25. The molecule has 7 nitrogen and oxygen atoms in total. The van der Waals surface area contributed by atoms with Gasteiger partial charge in [-0.05, 0) is 25.0 Å². The lowest BCUT2D eigenvalue weighted by atomic mass is 10.1. The van der Waals surface area contributed by atoms with E-state index < -0.39 is 22.9 Å². The largest absolute Gasteiger partial charge is 0.489 e. The van der Waals surface area contributed by atoms with E-state index >= 15 is 0 Å². The van der Waals surface area contributed by atoms with Gasteiger partial charge in [0.15, 0.2) is 4.84 Å².